The van der Waals surface area contributed by atoms with Gasteiger partial charge in [0.1, 0.15) is 5.82 Å². The van der Waals surface area contributed by atoms with Gasteiger partial charge in [-0.15, -0.1) is 0 Å². The van der Waals surface area contributed by atoms with Crippen LogP contribution in [-0.4, -0.2) is 24.7 Å². The number of H-pyrrole nitrogens is 2. The molecule has 2 heterocycles. The Morgan fingerprint density at radius 3 is 2.81 bits per heavy atom. The number of para-hydroxylation sites is 1. The molecule has 0 spiro atoms. The molecule has 0 saturated heterocycles. The van der Waals surface area contributed by atoms with Gasteiger partial charge in [0.2, 0.25) is 0 Å². The van der Waals surface area contributed by atoms with Crippen molar-refractivity contribution >= 4 is 24.0 Å². The highest BCUT2D eigenvalue weighted by Gasteiger charge is 2.09. The molecule has 0 amide bonds. The number of nitrogens with zero attached hydrogens (tertiary/aromatic N) is 3. The average molecular weight is 317 g/mol. The predicted octanol–water partition coefficient (Wildman–Crippen LogP) is 2.31. The number of thioether (sulfide) groups is 1. The van der Waals surface area contributed by atoms with Crippen molar-refractivity contribution in [1.82, 2.24) is 24.7 Å². The monoisotopic (exact) mass is 317 g/mol. The van der Waals surface area contributed by atoms with Crippen LogP contribution in [0.5, 0.6) is 0 Å². The van der Waals surface area contributed by atoms with Crippen LogP contribution in [-0.2, 0) is 5.75 Å². The van der Waals surface area contributed by atoms with E-state index < -0.39 is 0 Å². The standard InChI is InChI=1S/C13H11N5OS2/c19-11-6-7-14-12(15-11)21-8-10-16-17-13(20)18(10)9-4-2-1-3-5-9/h1-7H,8H2,(H,17,20)(H,14,15,19). The van der Waals surface area contributed by atoms with Crippen molar-refractivity contribution in [3.8, 4) is 5.69 Å². The second-order valence-corrected chi connectivity index (χ2v) is 5.49. The lowest BCUT2D eigenvalue weighted by Gasteiger charge is -2.06. The van der Waals surface area contributed by atoms with Crippen LogP contribution in [0.25, 0.3) is 5.69 Å². The molecule has 0 atom stereocenters. The lowest BCUT2D eigenvalue weighted by Crippen LogP contribution is -2.06. The topological polar surface area (TPSA) is 79.4 Å². The maximum absolute atomic E-state index is 11.2. The summed E-state index contributed by atoms with van der Waals surface area (Å²) in [7, 11) is 0. The predicted molar refractivity (Wildman–Crippen MR) is 83.2 cm³/mol. The van der Waals surface area contributed by atoms with Crippen molar-refractivity contribution in [3.63, 3.8) is 0 Å². The first kappa shape index (κ1) is 13.8. The van der Waals surface area contributed by atoms with Gasteiger partial charge in [-0.05, 0) is 24.4 Å². The second kappa shape index (κ2) is 6.06. The lowest BCUT2D eigenvalue weighted by molar-refractivity contribution is 0.918. The van der Waals surface area contributed by atoms with E-state index in [4.69, 9.17) is 12.2 Å². The Morgan fingerprint density at radius 1 is 1.24 bits per heavy atom. The fraction of sp³-hybridized carbons (Fsp3) is 0.0769. The summed E-state index contributed by atoms with van der Waals surface area (Å²) in [5.74, 6) is 1.30. The molecule has 0 bridgehead atoms. The van der Waals surface area contributed by atoms with E-state index in [-0.39, 0.29) is 5.56 Å². The van der Waals surface area contributed by atoms with Gasteiger partial charge in [0.05, 0.1) is 5.75 Å². The smallest absolute Gasteiger partial charge is 0.251 e. The van der Waals surface area contributed by atoms with E-state index in [9.17, 15) is 4.79 Å². The number of nitrogens with one attached hydrogen (secondary N) is 2. The molecule has 6 nitrogen and oxygen atoms in total. The minimum atomic E-state index is -0.172. The van der Waals surface area contributed by atoms with Crippen LogP contribution in [0.2, 0.25) is 0 Å². The van der Waals surface area contributed by atoms with Crippen LogP contribution < -0.4 is 5.56 Å². The van der Waals surface area contributed by atoms with Crippen molar-refractivity contribution in [1.29, 1.82) is 0 Å². The Hall–Kier alpha value is -2.19. The molecule has 0 saturated carbocycles. The quantitative estimate of drug-likeness (QED) is 0.438. The normalized spacial score (nSPS) is 10.7. The molecule has 2 aromatic heterocycles. The first-order valence-electron chi connectivity index (χ1n) is 6.14. The zero-order valence-corrected chi connectivity index (χ0v) is 12.4. The molecule has 106 valence electrons. The third-order valence-corrected chi connectivity index (χ3v) is 3.90. The van der Waals surface area contributed by atoms with Crippen molar-refractivity contribution in [3.05, 3.63) is 63.5 Å². The first-order valence-corrected chi connectivity index (χ1v) is 7.53. The van der Waals surface area contributed by atoms with Gasteiger partial charge in [0.15, 0.2) is 9.93 Å². The summed E-state index contributed by atoms with van der Waals surface area (Å²) in [6, 6.07) is 11.1. The van der Waals surface area contributed by atoms with E-state index in [1.54, 1.807) is 0 Å². The fourth-order valence-electron chi connectivity index (χ4n) is 1.83. The Kier molecular flexibility index (Phi) is 3.98. The van der Waals surface area contributed by atoms with Crippen LogP contribution in [0.1, 0.15) is 5.82 Å². The summed E-state index contributed by atoms with van der Waals surface area (Å²) >= 11 is 6.66. The number of benzene rings is 1. The molecule has 0 aliphatic heterocycles. The Labute approximate surface area is 129 Å². The third kappa shape index (κ3) is 3.11. The number of rotatable bonds is 4. The van der Waals surface area contributed by atoms with Crippen molar-refractivity contribution < 1.29 is 0 Å². The zero-order chi connectivity index (χ0) is 14.7. The van der Waals surface area contributed by atoms with Crippen molar-refractivity contribution in [2.24, 2.45) is 0 Å². The molecule has 0 fully saturated rings. The molecule has 0 radical (unpaired) electrons. The van der Waals surface area contributed by atoms with Crippen LogP contribution >= 0.6 is 24.0 Å². The highest BCUT2D eigenvalue weighted by atomic mass is 32.2. The molecular formula is C13H11N5OS2. The lowest BCUT2D eigenvalue weighted by atomic mass is 10.3. The van der Waals surface area contributed by atoms with Crippen molar-refractivity contribution in [2.45, 2.75) is 10.9 Å². The zero-order valence-electron chi connectivity index (χ0n) is 10.8. The first-order chi connectivity index (χ1) is 10.2. The molecule has 1 aromatic carbocycles. The third-order valence-electron chi connectivity index (χ3n) is 2.74. The summed E-state index contributed by atoms with van der Waals surface area (Å²) < 4.78 is 2.40. The minimum absolute atomic E-state index is 0.172. The molecule has 3 rings (SSSR count). The summed E-state index contributed by atoms with van der Waals surface area (Å²) in [6.45, 7) is 0. The molecule has 21 heavy (non-hydrogen) atoms. The van der Waals surface area contributed by atoms with Gasteiger partial charge in [-0.25, -0.2) is 4.98 Å². The number of aromatic nitrogens is 5. The maximum atomic E-state index is 11.2. The van der Waals surface area contributed by atoms with Crippen molar-refractivity contribution in [2.75, 3.05) is 0 Å². The van der Waals surface area contributed by atoms with E-state index in [0.29, 0.717) is 15.7 Å². The van der Waals surface area contributed by atoms with E-state index in [2.05, 4.69) is 20.2 Å². The van der Waals surface area contributed by atoms with E-state index >= 15 is 0 Å². The van der Waals surface area contributed by atoms with Gasteiger partial charge in [0.25, 0.3) is 5.56 Å². The molecule has 0 aliphatic carbocycles. The summed E-state index contributed by atoms with van der Waals surface area (Å²) in [5.41, 5.74) is 0.774. The van der Waals surface area contributed by atoms with Gasteiger partial charge in [-0.1, -0.05) is 30.0 Å². The maximum Gasteiger partial charge on any atom is 0.251 e. The van der Waals surface area contributed by atoms with E-state index in [1.165, 1.54) is 24.0 Å². The number of hydrogen-bond donors (Lipinski definition) is 2. The summed E-state index contributed by atoms with van der Waals surface area (Å²) in [5, 5.41) is 7.58. The highest BCUT2D eigenvalue weighted by Crippen LogP contribution is 2.19. The Balaban J connectivity index is 1.87. The fourth-order valence-corrected chi connectivity index (χ4v) is 2.85. The summed E-state index contributed by atoms with van der Waals surface area (Å²) in [4.78, 5) is 18.0. The molecular weight excluding hydrogens is 306 g/mol. The number of aromatic amines is 2. The van der Waals surface area contributed by atoms with Gasteiger partial charge in [-0.3, -0.25) is 14.5 Å². The van der Waals surface area contributed by atoms with Gasteiger partial charge >= 0.3 is 0 Å². The van der Waals surface area contributed by atoms with Crippen LogP contribution in [0.3, 0.4) is 0 Å². The highest BCUT2D eigenvalue weighted by molar-refractivity contribution is 7.98. The average Bonchev–Trinajstić information content (AvgIpc) is 2.87. The summed E-state index contributed by atoms with van der Waals surface area (Å²) in [6.07, 6.45) is 1.48. The number of hydrogen-bond acceptors (Lipinski definition) is 5. The minimum Gasteiger partial charge on any atom is -0.301 e. The second-order valence-electron chi connectivity index (χ2n) is 4.14. The van der Waals surface area contributed by atoms with E-state index in [1.807, 2.05) is 34.9 Å². The molecule has 3 aromatic rings. The van der Waals surface area contributed by atoms with Crippen LogP contribution in [0, 0.1) is 4.77 Å². The van der Waals surface area contributed by atoms with Crippen LogP contribution in [0.4, 0.5) is 0 Å². The SMILES string of the molecule is O=c1ccnc(SCc2n[nH]c(=S)n2-c2ccccc2)[nH]1. The molecule has 2 N–H and O–H groups in total. The van der Waals surface area contributed by atoms with Crippen LogP contribution in [0.15, 0.2) is 52.5 Å². The Bertz CT molecular complexity index is 852. The largest absolute Gasteiger partial charge is 0.301 e. The molecule has 0 aliphatic rings. The van der Waals surface area contributed by atoms with E-state index in [0.717, 1.165) is 11.5 Å². The van der Waals surface area contributed by atoms with Gasteiger partial charge in [-0.2, -0.15) is 5.10 Å². The van der Waals surface area contributed by atoms with Gasteiger partial charge in [0, 0.05) is 18.0 Å². The molecule has 8 heteroatoms. The Morgan fingerprint density at radius 2 is 2.05 bits per heavy atom. The van der Waals surface area contributed by atoms with Gasteiger partial charge < -0.3 is 4.98 Å². The molecule has 0 unspecified atom stereocenters.